The maximum atomic E-state index is 14.2. The van der Waals surface area contributed by atoms with E-state index in [1.165, 1.54) is 30.5 Å². The summed E-state index contributed by atoms with van der Waals surface area (Å²) in [5.41, 5.74) is 7.36. The molecule has 2 saturated heterocycles. The van der Waals surface area contributed by atoms with Gasteiger partial charge in [0.25, 0.3) is 11.8 Å². The topological polar surface area (TPSA) is 233 Å². The van der Waals surface area contributed by atoms with Crippen molar-refractivity contribution in [3.63, 3.8) is 0 Å². The maximum absolute atomic E-state index is 14.2. The molecule has 4 aromatic carbocycles. The summed E-state index contributed by atoms with van der Waals surface area (Å²) in [7, 11) is 5.21. The third-order valence-electron chi connectivity index (χ3n) is 18.9. The number of piperazine rings is 1. The highest BCUT2D eigenvalue weighted by Gasteiger charge is 2.43. The molecule has 92 heavy (non-hydrogen) atoms. The number of ether oxygens (including phenoxy) is 4. The number of nitrogens with zero attached hydrogens (tertiary/aromatic N) is 7. The van der Waals surface area contributed by atoms with Crippen LogP contribution >= 0.6 is 0 Å². The average Bonchev–Trinajstić information content (AvgIpc) is 1.64. The van der Waals surface area contributed by atoms with Gasteiger partial charge in [-0.1, -0.05) is 70.2 Å². The summed E-state index contributed by atoms with van der Waals surface area (Å²) in [6.45, 7) is 10.2. The van der Waals surface area contributed by atoms with E-state index in [0.717, 1.165) is 74.1 Å². The third-order valence-corrected chi connectivity index (χ3v) is 18.9. The van der Waals surface area contributed by atoms with Gasteiger partial charge in [0.15, 0.2) is 23.0 Å². The van der Waals surface area contributed by atoms with Gasteiger partial charge in [-0.15, -0.1) is 0 Å². The Morgan fingerprint density at radius 3 is 1.72 bits per heavy atom. The Morgan fingerprint density at radius 2 is 1.17 bits per heavy atom. The third kappa shape index (κ3) is 14.7. The number of benzene rings is 4. The van der Waals surface area contributed by atoms with Crippen LogP contribution in [-0.4, -0.2) is 165 Å². The summed E-state index contributed by atoms with van der Waals surface area (Å²) in [5, 5.41) is 8.47. The predicted octanol–water partition coefficient (Wildman–Crippen LogP) is 9.74. The molecule has 1 saturated carbocycles. The van der Waals surface area contributed by atoms with Gasteiger partial charge in [-0.25, -0.2) is 0 Å². The van der Waals surface area contributed by atoms with Crippen molar-refractivity contribution in [2.45, 2.75) is 135 Å². The Morgan fingerprint density at radius 1 is 0.620 bits per heavy atom. The number of carbonyl (C=O) groups is 7. The average molecular weight is 1260 g/mol. The molecule has 5 atom stereocenters. The van der Waals surface area contributed by atoms with Gasteiger partial charge >= 0.3 is 0 Å². The van der Waals surface area contributed by atoms with Gasteiger partial charge in [0.2, 0.25) is 29.5 Å². The number of rotatable bonds is 24. The number of fused-ring (bicyclic) bond motifs is 4. The molecule has 11 rings (SSSR count). The number of unbranched alkanes of at least 4 members (excludes halogenated alkanes) is 2. The van der Waals surface area contributed by atoms with Crippen LogP contribution in [0.25, 0.3) is 11.1 Å². The molecule has 3 N–H and O–H groups in total. The maximum Gasteiger partial charge on any atom is 0.260 e. The van der Waals surface area contributed by atoms with Gasteiger partial charge in [0.05, 0.1) is 67.9 Å². The number of hydrogen-bond donors (Lipinski definition) is 3. The number of methoxy groups -OCH3 is 2. The van der Waals surface area contributed by atoms with Gasteiger partial charge in [0, 0.05) is 113 Å². The lowest BCUT2D eigenvalue weighted by Crippen LogP contribution is -2.53. The van der Waals surface area contributed by atoms with Crippen LogP contribution in [0.1, 0.15) is 143 Å². The first-order chi connectivity index (χ1) is 44.5. The first-order valence-electron chi connectivity index (χ1n) is 32.8. The highest BCUT2D eigenvalue weighted by molar-refractivity contribution is 6.07. The molecule has 2 unspecified atom stereocenters. The molecule has 0 aromatic heterocycles. The summed E-state index contributed by atoms with van der Waals surface area (Å²) in [6.07, 6.45) is 17.9. The zero-order chi connectivity index (χ0) is 64.6. The molecule has 7 aliphatic rings. The van der Waals surface area contributed by atoms with E-state index in [0.29, 0.717) is 109 Å². The largest absolute Gasteiger partial charge is 0.493 e. The smallest absolute Gasteiger partial charge is 0.260 e. The molecular weight excluding hydrogens is 1170 g/mol. The molecule has 0 spiro atoms. The Bertz CT molecular complexity index is 3550. The number of imide groups is 1. The van der Waals surface area contributed by atoms with Crippen LogP contribution in [-0.2, 0) is 24.0 Å². The zero-order valence-corrected chi connectivity index (χ0v) is 53.7. The lowest BCUT2D eigenvalue weighted by Gasteiger charge is -2.34. The molecule has 4 aromatic rings. The van der Waals surface area contributed by atoms with Crippen LogP contribution in [0.5, 0.6) is 23.0 Å². The number of amides is 7. The Hall–Kier alpha value is -8.85. The molecule has 21 nitrogen and oxygen atoms in total. The Kier molecular flexibility index (Phi) is 20.5. The van der Waals surface area contributed by atoms with Gasteiger partial charge in [-0.2, -0.15) is 0 Å². The summed E-state index contributed by atoms with van der Waals surface area (Å²) < 4.78 is 23.9. The van der Waals surface area contributed by atoms with Gasteiger partial charge in [-0.3, -0.25) is 48.4 Å². The fraction of sp³-hybridized carbons (Fsp3) is 0.479. The summed E-state index contributed by atoms with van der Waals surface area (Å²) in [6, 6.07) is 20.3. The van der Waals surface area contributed by atoms with Crippen molar-refractivity contribution in [2.24, 2.45) is 27.7 Å². The van der Waals surface area contributed by atoms with Gasteiger partial charge in [-0.05, 0) is 110 Å². The Labute approximate surface area is 538 Å². The van der Waals surface area contributed by atoms with Crippen LogP contribution in [0.2, 0.25) is 0 Å². The number of hydrogen-bond acceptors (Lipinski definition) is 15. The van der Waals surface area contributed by atoms with Crippen LogP contribution < -0.4 is 39.8 Å². The number of carbonyl (C=O) groups excluding carboxylic acids is 7. The quantitative estimate of drug-likeness (QED) is 0.0337. The molecule has 1 aliphatic carbocycles. The fourth-order valence-electron chi connectivity index (χ4n) is 13.4. The standard InChI is InChI=1S/C71H86N10O11/c1-44(2)66(76-64(82)17-12-9-13-26-79-65(83)37-55(69(79)86)48-15-10-7-8-11-16-48)68(85)74-45(3)67(84)75-51-22-18-46(19-23-51)49-33-53-40-72-58-38-62(60(89-5)35-56(58)70(87)80(53)42-49)91-31-14-32-92-63-39-59-57(36-61(63)90-6)71(88)81-43-50(34-54(81)41-73-59)47-20-24-52(25-21-47)78-29-27-77(4)28-30-78/h18-25,35-36,38-45,48,53-55,66H,7-17,26-34,37H2,1-6H3,(H,74,85)(H,75,84)(H,76,82)/t45-,53-,54-,55?,66?/m0/s1. The molecule has 6 heterocycles. The van der Waals surface area contributed by atoms with E-state index in [1.807, 2.05) is 44.6 Å². The first kappa shape index (κ1) is 64.7. The molecule has 486 valence electrons. The van der Waals surface area contributed by atoms with E-state index in [-0.39, 0.29) is 73.1 Å². The molecular formula is C71H86N10O11. The van der Waals surface area contributed by atoms with E-state index in [4.69, 9.17) is 28.9 Å². The zero-order valence-electron chi connectivity index (χ0n) is 53.7. The van der Waals surface area contributed by atoms with E-state index in [9.17, 15) is 33.6 Å². The molecule has 0 bridgehead atoms. The second kappa shape index (κ2) is 29.2. The van der Waals surface area contributed by atoms with Crippen molar-refractivity contribution >= 4 is 87.7 Å². The van der Waals surface area contributed by atoms with Gasteiger partial charge < -0.3 is 54.5 Å². The summed E-state index contributed by atoms with van der Waals surface area (Å²) >= 11 is 0. The minimum absolute atomic E-state index is 0.0348. The number of nitrogens with one attached hydrogen (secondary N) is 3. The second-order valence-electron chi connectivity index (χ2n) is 25.6. The number of likely N-dealkylation sites (tertiary alicyclic amines) is 1. The number of anilines is 2. The molecule has 21 heteroatoms. The van der Waals surface area contributed by atoms with Crippen molar-refractivity contribution in [1.82, 2.24) is 30.2 Å². The number of aliphatic imine (C=N–C) groups is 2. The van der Waals surface area contributed by atoms with E-state index in [1.54, 1.807) is 66.4 Å². The van der Waals surface area contributed by atoms with Crippen molar-refractivity contribution in [3.05, 3.63) is 107 Å². The van der Waals surface area contributed by atoms with Crippen LogP contribution in [0.3, 0.4) is 0 Å². The summed E-state index contributed by atoms with van der Waals surface area (Å²) in [5.74, 6) is -0.241. The monoisotopic (exact) mass is 1250 g/mol. The van der Waals surface area contributed by atoms with Crippen LogP contribution in [0.4, 0.5) is 22.7 Å². The fourth-order valence-corrected chi connectivity index (χ4v) is 13.4. The van der Waals surface area contributed by atoms with Crippen molar-refractivity contribution in [3.8, 4) is 23.0 Å². The van der Waals surface area contributed by atoms with E-state index >= 15 is 0 Å². The molecule has 6 aliphatic heterocycles. The minimum atomic E-state index is -0.923. The van der Waals surface area contributed by atoms with E-state index in [2.05, 4.69) is 57.1 Å². The van der Waals surface area contributed by atoms with E-state index < -0.39 is 23.9 Å². The highest BCUT2D eigenvalue weighted by atomic mass is 16.5. The molecule has 3 fully saturated rings. The van der Waals surface area contributed by atoms with Crippen LogP contribution in [0.15, 0.2) is 95.2 Å². The SMILES string of the molecule is COc1cc2c(cc1OCCCOc1cc3c(cc1OC)C(=O)N1C=C(c4ccc(N5CCN(C)CC5)cc4)C[C@H]1C=N3)N=C[C@@H]1CC(c3ccc(NC(=O)[C@H](C)NC(=O)C(NC(=O)CCCCCN4C(=O)CC(C5CCCCCC5)C4=O)C(C)C)cc3)=CN1C2=O. The molecule has 7 amide bonds. The van der Waals surface area contributed by atoms with Crippen molar-refractivity contribution in [1.29, 1.82) is 0 Å². The van der Waals surface area contributed by atoms with Crippen LogP contribution in [0, 0.1) is 17.8 Å². The first-order valence-corrected chi connectivity index (χ1v) is 32.8. The normalized spacial score (nSPS) is 20.5. The summed E-state index contributed by atoms with van der Waals surface area (Å²) in [4.78, 5) is 113. The highest BCUT2D eigenvalue weighted by Crippen LogP contribution is 2.43. The Balaban J connectivity index is 0.618. The van der Waals surface area contributed by atoms with Crippen molar-refractivity contribution < 1.29 is 52.5 Å². The minimum Gasteiger partial charge on any atom is -0.493 e. The molecule has 0 radical (unpaired) electrons. The lowest BCUT2D eigenvalue weighted by molar-refractivity contribution is -0.140. The van der Waals surface area contributed by atoms with Gasteiger partial charge in [0.1, 0.15) is 12.1 Å². The lowest BCUT2D eigenvalue weighted by atomic mass is 9.85. The second-order valence-corrected chi connectivity index (χ2v) is 25.6. The number of likely N-dealkylation sites (N-methyl/N-ethyl adjacent to an activating group) is 1. The van der Waals surface area contributed by atoms with Crippen molar-refractivity contribution in [2.75, 3.05) is 77.4 Å². The predicted molar refractivity (Wildman–Crippen MR) is 353 cm³/mol.